The first-order chi connectivity index (χ1) is 16.8. The molecule has 178 valence electrons. The molecule has 1 saturated carbocycles. The molecule has 1 amide bonds. The van der Waals surface area contributed by atoms with E-state index in [-0.39, 0.29) is 11.7 Å². The molecule has 1 aromatic carbocycles. The van der Waals surface area contributed by atoms with Gasteiger partial charge in [0.1, 0.15) is 22.7 Å². The third kappa shape index (κ3) is 3.53. The monoisotopic (exact) mass is 580 g/mol. The summed E-state index contributed by atoms with van der Waals surface area (Å²) in [6.45, 7) is 4.93. The zero-order chi connectivity index (χ0) is 24.4. The average molecular weight is 580 g/mol. The van der Waals surface area contributed by atoms with E-state index in [4.69, 9.17) is 15.7 Å². The number of carbonyl (C=O) groups excluding carboxylic acids is 1. The highest BCUT2D eigenvalue weighted by Crippen LogP contribution is 2.48. The van der Waals surface area contributed by atoms with Crippen molar-refractivity contribution in [2.75, 3.05) is 22.9 Å². The number of fused-ring (bicyclic) bond motifs is 2. The molecule has 3 aromatic heterocycles. The topological polar surface area (TPSA) is 123 Å². The lowest BCUT2D eigenvalue weighted by atomic mass is 9.78. The summed E-state index contributed by atoms with van der Waals surface area (Å²) in [4.78, 5) is 31.7. The first kappa shape index (κ1) is 22.2. The molecule has 9 nitrogen and oxygen atoms in total. The highest BCUT2D eigenvalue weighted by Gasteiger charge is 2.47. The van der Waals surface area contributed by atoms with Crippen LogP contribution in [0, 0.1) is 8.99 Å². The average Bonchev–Trinajstić information content (AvgIpc) is 3.38. The lowest BCUT2D eigenvalue weighted by molar-refractivity contribution is -0.119. The van der Waals surface area contributed by atoms with Gasteiger partial charge in [-0.3, -0.25) is 4.79 Å². The van der Waals surface area contributed by atoms with E-state index < -0.39 is 5.41 Å². The minimum atomic E-state index is -0.977. The van der Waals surface area contributed by atoms with Crippen LogP contribution in [0.1, 0.15) is 44.2 Å². The Kier molecular flexibility index (Phi) is 4.99. The Morgan fingerprint density at radius 1 is 1.20 bits per heavy atom. The third-order valence-corrected chi connectivity index (χ3v) is 8.20. The molecule has 10 heteroatoms. The summed E-state index contributed by atoms with van der Waals surface area (Å²) < 4.78 is 2.99. The Labute approximate surface area is 216 Å². The smallest absolute Gasteiger partial charge is 0.240 e. The summed E-state index contributed by atoms with van der Waals surface area (Å²) in [6, 6.07) is 7.83. The number of imidazole rings is 1. The highest BCUT2D eigenvalue weighted by molar-refractivity contribution is 14.1. The standard InChI is InChI=1S/C25H25IN8O/c1-3-25(8-9-25)13-29-21-22-28-10-11-34(22)12-16(30-21)19-31-18(27)17-20(32-19)33-23(35)24(17,2)14-4-6-15(26)7-5-14/h4-7,10-12H,3,8-9,13H2,1-2H3,(H,29,30)(H3,27,31,32,33,35). The maximum absolute atomic E-state index is 13.2. The van der Waals surface area contributed by atoms with Gasteiger partial charge in [0.15, 0.2) is 17.3 Å². The van der Waals surface area contributed by atoms with Gasteiger partial charge in [0, 0.05) is 28.7 Å². The molecule has 35 heavy (non-hydrogen) atoms. The van der Waals surface area contributed by atoms with Crippen LogP contribution in [0.2, 0.25) is 0 Å². The van der Waals surface area contributed by atoms with Crippen LogP contribution in [0.15, 0.2) is 42.9 Å². The van der Waals surface area contributed by atoms with Crippen molar-refractivity contribution in [2.24, 2.45) is 5.41 Å². The number of aromatic nitrogens is 5. The molecule has 4 heterocycles. The number of nitrogens with one attached hydrogen (secondary N) is 2. The molecular weight excluding hydrogens is 555 g/mol. The molecule has 2 aliphatic rings. The van der Waals surface area contributed by atoms with Crippen LogP contribution in [0.25, 0.3) is 17.2 Å². The number of halogens is 1. The third-order valence-electron chi connectivity index (χ3n) is 7.49. The second kappa shape index (κ2) is 7.87. The van der Waals surface area contributed by atoms with Crippen molar-refractivity contribution in [3.63, 3.8) is 0 Å². The van der Waals surface area contributed by atoms with E-state index in [1.165, 1.54) is 12.8 Å². The van der Waals surface area contributed by atoms with Gasteiger partial charge in [-0.25, -0.2) is 19.9 Å². The van der Waals surface area contributed by atoms with Gasteiger partial charge >= 0.3 is 0 Å². The predicted molar refractivity (Wildman–Crippen MR) is 143 cm³/mol. The minimum Gasteiger partial charge on any atom is -0.383 e. The van der Waals surface area contributed by atoms with Crippen molar-refractivity contribution in [3.8, 4) is 11.5 Å². The summed E-state index contributed by atoms with van der Waals surface area (Å²) in [5.41, 5.74) is 8.57. The van der Waals surface area contributed by atoms with Crippen LogP contribution in [-0.2, 0) is 10.2 Å². The molecule has 0 spiro atoms. The maximum Gasteiger partial charge on any atom is 0.240 e. The molecule has 6 rings (SSSR count). The van der Waals surface area contributed by atoms with Crippen LogP contribution >= 0.6 is 22.6 Å². The second-order valence-electron chi connectivity index (χ2n) is 9.58. The van der Waals surface area contributed by atoms with Gasteiger partial charge in [-0.2, -0.15) is 0 Å². The quantitative estimate of drug-likeness (QED) is 0.292. The number of anilines is 3. The Balaban J connectivity index is 1.42. The Morgan fingerprint density at radius 2 is 1.97 bits per heavy atom. The largest absolute Gasteiger partial charge is 0.383 e. The first-order valence-corrected chi connectivity index (χ1v) is 12.7. The summed E-state index contributed by atoms with van der Waals surface area (Å²) in [6.07, 6.45) is 9.02. The first-order valence-electron chi connectivity index (χ1n) is 11.7. The number of carbonyl (C=O) groups is 1. The Hall–Kier alpha value is -3.28. The molecular formula is C25H25IN8O. The molecule has 1 atom stereocenters. The van der Waals surface area contributed by atoms with Crippen LogP contribution in [0.5, 0.6) is 0 Å². The molecule has 4 N–H and O–H groups in total. The van der Waals surface area contributed by atoms with E-state index in [1.807, 2.05) is 48.0 Å². The van der Waals surface area contributed by atoms with E-state index in [1.54, 1.807) is 6.20 Å². The second-order valence-corrected chi connectivity index (χ2v) is 10.8. The lowest BCUT2D eigenvalue weighted by Gasteiger charge is -2.23. The predicted octanol–water partition coefficient (Wildman–Crippen LogP) is 4.23. The number of hydrogen-bond donors (Lipinski definition) is 3. The van der Waals surface area contributed by atoms with Crippen molar-refractivity contribution < 1.29 is 4.79 Å². The van der Waals surface area contributed by atoms with Gasteiger partial charge in [-0.1, -0.05) is 19.1 Å². The Bertz CT molecular complexity index is 1480. The summed E-state index contributed by atoms with van der Waals surface area (Å²) >= 11 is 2.24. The fourth-order valence-corrected chi connectivity index (χ4v) is 5.20. The van der Waals surface area contributed by atoms with Crippen molar-refractivity contribution in [1.29, 1.82) is 0 Å². The van der Waals surface area contributed by atoms with E-state index >= 15 is 0 Å². The highest BCUT2D eigenvalue weighted by atomic mass is 127. The number of rotatable bonds is 6. The fraction of sp³-hybridized carbons (Fsp3) is 0.320. The normalized spacial score (nSPS) is 20.0. The van der Waals surface area contributed by atoms with E-state index in [9.17, 15) is 4.79 Å². The van der Waals surface area contributed by atoms with E-state index in [0.29, 0.717) is 34.1 Å². The summed E-state index contributed by atoms with van der Waals surface area (Å²) in [5, 5.41) is 6.42. The number of hydrogen-bond acceptors (Lipinski definition) is 7. The van der Waals surface area contributed by atoms with Gasteiger partial charge in [-0.05, 0) is 71.9 Å². The van der Waals surface area contributed by atoms with Crippen LogP contribution in [0.4, 0.5) is 17.5 Å². The molecule has 0 bridgehead atoms. The van der Waals surface area contributed by atoms with E-state index in [0.717, 1.165) is 27.7 Å². The molecule has 0 saturated heterocycles. The fourth-order valence-electron chi connectivity index (χ4n) is 4.84. The number of nitrogen functional groups attached to an aromatic ring is 1. The molecule has 1 fully saturated rings. The molecule has 0 radical (unpaired) electrons. The number of amides is 1. The molecule has 1 aliphatic carbocycles. The van der Waals surface area contributed by atoms with E-state index in [2.05, 4.69) is 50.1 Å². The van der Waals surface area contributed by atoms with Gasteiger partial charge < -0.3 is 20.8 Å². The zero-order valence-corrected chi connectivity index (χ0v) is 21.6. The van der Waals surface area contributed by atoms with Gasteiger partial charge in [0.05, 0.1) is 5.56 Å². The van der Waals surface area contributed by atoms with Crippen LogP contribution in [0.3, 0.4) is 0 Å². The maximum atomic E-state index is 13.2. The zero-order valence-electron chi connectivity index (χ0n) is 19.5. The lowest BCUT2D eigenvalue weighted by Crippen LogP contribution is -2.33. The summed E-state index contributed by atoms with van der Waals surface area (Å²) in [7, 11) is 0. The van der Waals surface area contributed by atoms with Crippen molar-refractivity contribution in [2.45, 2.75) is 38.5 Å². The molecule has 1 aliphatic heterocycles. The number of nitrogens with zero attached hydrogens (tertiary/aromatic N) is 5. The SMILES string of the molecule is CCC1(CNc2nc(-c3nc(N)c4c(n3)NC(=O)C4(C)c3ccc(I)cc3)cn3ccnc23)CC1. The van der Waals surface area contributed by atoms with Crippen molar-refractivity contribution >= 4 is 51.6 Å². The molecule has 1 unspecified atom stereocenters. The van der Waals surface area contributed by atoms with Gasteiger partial charge in [0.2, 0.25) is 5.91 Å². The number of nitrogens with two attached hydrogens (primary N) is 1. The van der Waals surface area contributed by atoms with Gasteiger partial charge in [0.25, 0.3) is 0 Å². The van der Waals surface area contributed by atoms with Crippen LogP contribution in [-0.4, -0.2) is 36.8 Å². The Morgan fingerprint density at radius 3 is 2.69 bits per heavy atom. The molecule has 4 aromatic rings. The minimum absolute atomic E-state index is 0.179. The van der Waals surface area contributed by atoms with Crippen LogP contribution < -0.4 is 16.4 Å². The van der Waals surface area contributed by atoms with Crippen molar-refractivity contribution in [1.82, 2.24) is 24.3 Å². The number of benzene rings is 1. The van der Waals surface area contributed by atoms with Crippen molar-refractivity contribution in [3.05, 3.63) is 57.6 Å². The van der Waals surface area contributed by atoms with Gasteiger partial charge in [-0.15, -0.1) is 0 Å². The summed E-state index contributed by atoms with van der Waals surface area (Å²) in [5.74, 6) is 1.53.